The van der Waals surface area contributed by atoms with Crippen LogP contribution in [0.25, 0.3) is 0 Å². The smallest absolute Gasteiger partial charge is 0.242 e. The van der Waals surface area contributed by atoms with Crippen molar-refractivity contribution < 1.29 is 22.7 Å². The Labute approximate surface area is 215 Å². The van der Waals surface area contributed by atoms with Gasteiger partial charge in [0, 0.05) is 29.8 Å². The van der Waals surface area contributed by atoms with E-state index in [1.807, 2.05) is 6.92 Å². The van der Waals surface area contributed by atoms with Gasteiger partial charge in [-0.3, -0.25) is 4.79 Å². The third kappa shape index (κ3) is 6.57. The van der Waals surface area contributed by atoms with E-state index in [0.29, 0.717) is 41.8 Å². The highest BCUT2D eigenvalue weighted by Crippen LogP contribution is 2.30. The molecule has 37 heavy (non-hydrogen) atoms. The average molecular weight is 511 g/mol. The second-order valence-electron chi connectivity index (χ2n) is 9.38. The second kappa shape index (κ2) is 11.9. The van der Waals surface area contributed by atoms with Crippen molar-refractivity contribution in [3.05, 3.63) is 108 Å². The number of ether oxygens (including phenoxy) is 1. The number of halogens is 3. The normalized spacial score (nSPS) is 20.6. The molecule has 1 radical (unpaired) electrons. The van der Waals surface area contributed by atoms with E-state index in [9.17, 15) is 18.0 Å². The molecule has 3 aromatic rings. The molecule has 3 aromatic carbocycles. The molecule has 0 aliphatic carbocycles. The lowest BCUT2D eigenvalue weighted by Gasteiger charge is -2.34. The number of rotatable bonds is 8. The molecule has 1 aliphatic heterocycles. The summed E-state index contributed by atoms with van der Waals surface area (Å²) >= 11 is 0. The van der Waals surface area contributed by atoms with Gasteiger partial charge in [0.2, 0.25) is 5.91 Å². The van der Waals surface area contributed by atoms with Crippen molar-refractivity contribution in [1.29, 1.82) is 0 Å². The van der Waals surface area contributed by atoms with Crippen LogP contribution in [-0.4, -0.2) is 36.7 Å². The molecule has 0 saturated carbocycles. The molecule has 4 rings (SSSR count). The van der Waals surface area contributed by atoms with E-state index in [0.717, 1.165) is 0 Å². The average Bonchev–Trinajstić information content (AvgIpc) is 2.88. The summed E-state index contributed by atoms with van der Waals surface area (Å²) in [6, 6.07) is 14.7. The lowest BCUT2D eigenvalue weighted by atomic mass is 9.85. The zero-order valence-electron chi connectivity index (χ0n) is 20.6. The maximum absolute atomic E-state index is 14.8. The number of hydrogen-bond donors (Lipinski definition) is 3. The Kier molecular flexibility index (Phi) is 8.63. The standard InChI is InChI=1S/C29H31F3N3O2/c1-17-18(2)37-23(16-34-17)14-15-24-25(32)4-3-5-26(24)35-29(36)28(33)27(19-6-10-21(30)11-7-19)20-8-12-22(31)13-9-20/h3-13,17-18,23,27-28,34H,1,14-16,33H2,2H3,(H,35,36)/t17-,18+,23-,28+/m1/s1. The topological polar surface area (TPSA) is 76.4 Å². The summed E-state index contributed by atoms with van der Waals surface area (Å²) in [4.78, 5) is 13.3. The van der Waals surface area contributed by atoms with Gasteiger partial charge >= 0.3 is 0 Å². The van der Waals surface area contributed by atoms with Crippen LogP contribution >= 0.6 is 0 Å². The fraction of sp³-hybridized carbons (Fsp3) is 0.310. The van der Waals surface area contributed by atoms with Crippen molar-refractivity contribution >= 4 is 11.6 Å². The maximum Gasteiger partial charge on any atom is 0.242 e. The van der Waals surface area contributed by atoms with Crippen LogP contribution in [0.3, 0.4) is 0 Å². The number of nitrogens with one attached hydrogen (secondary N) is 2. The molecule has 1 aliphatic rings. The van der Waals surface area contributed by atoms with Crippen LogP contribution in [0.1, 0.15) is 36.0 Å². The summed E-state index contributed by atoms with van der Waals surface area (Å²) in [5.41, 5.74) is 8.30. The molecule has 4 N–H and O–H groups in total. The largest absolute Gasteiger partial charge is 0.372 e. The molecule has 4 atom stereocenters. The van der Waals surface area contributed by atoms with Crippen molar-refractivity contribution in [2.45, 2.75) is 50.0 Å². The predicted octanol–water partition coefficient (Wildman–Crippen LogP) is 4.71. The summed E-state index contributed by atoms with van der Waals surface area (Å²) in [6.45, 7) is 6.53. The summed E-state index contributed by atoms with van der Waals surface area (Å²) in [7, 11) is 0. The van der Waals surface area contributed by atoms with E-state index in [1.54, 1.807) is 30.3 Å². The van der Waals surface area contributed by atoms with Gasteiger partial charge in [0.1, 0.15) is 17.5 Å². The van der Waals surface area contributed by atoms with Crippen molar-refractivity contribution in [2.24, 2.45) is 5.73 Å². The van der Waals surface area contributed by atoms with Gasteiger partial charge in [-0.1, -0.05) is 30.3 Å². The zero-order valence-corrected chi connectivity index (χ0v) is 20.6. The number of anilines is 1. The first-order chi connectivity index (χ1) is 17.7. The van der Waals surface area contributed by atoms with Crippen LogP contribution < -0.4 is 16.4 Å². The van der Waals surface area contributed by atoms with Gasteiger partial charge in [-0.05, 0) is 74.2 Å². The minimum atomic E-state index is -1.12. The Hall–Kier alpha value is -3.20. The van der Waals surface area contributed by atoms with E-state index in [1.165, 1.54) is 36.4 Å². The van der Waals surface area contributed by atoms with Gasteiger partial charge < -0.3 is 21.1 Å². The van der Waals surface area contributed by atoms with E-state index in [2.05, 4.69) is 17.6 Å². The van der Waals surface area contributed by atoms with Crippen LogP contribution in [0.15, 0.2) is 66.7 Å². The van der Waals surface area contributed by atoms with E-state index < -0.39 is 35.3 Å². The lowest BCUT2D eigenvalue weighted by molar-refractivity contribution is -0.117. The van der Waals surface area contributed by atoms with Crippen molar-refractivity contribution in [3.8, 4) is 0 Å². The van der Waals surface area contributed by atoms with Gasteiger partial charge in [0.15, 0.2) is 0 Å². The molecule has 0 aromatic heterocycles. The molecular weight excluding hydrogens is 479 g/mol. The van der Waals surface area contributed by atoms with Gasteiger partial charge in [0.05, 0.1) is 18.2 Å². The molecule has 0 bridgehead atoms. The molecule has 1 fully saturated rings. The van der Waals surface area contributed by atoms with E-state index >= 15 is 0 Å². The van der Waals surface area contributed by atoms with E-state index in [-0.39, 0.29) is 18.2 Å². The quantitative estimate of drug-likeness (QED) is 0.410. The molecule has 5 nitrogen and oxygen atoms in total. The first kappa shape index (κ1) is 26.9. The summed E-state index contributed by atoms with van der Waals surface area (Å²) < 4.78 is 47.9. The fourth-order valence-electron chi connectivity index (χ4n) is 4.62. The highest BCUT2D eigenvalue weighted by Gasteiger charge is 2.29. The van der Waals surface area contributed by atoms with E-state index in [4.69, 9.17) is 10.5 Å². The first-order valence-corrected chi connectivity index (χ1v) is 12.3. The summed E-state index contributed by atoms with van der Waals surface area (Å²) in [6.07, 6.45) is 0.719. The number of amides is 1. The van der Waals surface area contributed by atoms with Gasteiger partial charge in [-0.15, -0.1) is 0 Å². The van der Waals surface area contributed by atoms with Gasteiger partial charge in [-0.25, -0.2) is 13.2 Å². The molecule has 1 saturated heterocycles. The number of morpholine rings is 1. The third-order valence-corrected chi connectivity index (χ3v) is 6.79. The highest BCUT2D eigenvalue weighted by atomic mass is 19.1. The maximum atomic E-state index is 14.8. The minimum absolute atomic E-state index is 0.00351. The molecular formula is C29H31F3N3O2. The summed E-state index contributed by atoms with van der Waals surface area (Å²) in [5, 5.41) is 6.06. The Morgan fingerprint density at radius 1 is 1.05 bits per heavy atom. The molecule has 0 unspecified atom stereocenters. The predicted molar refractivity (Wildman–Crippen MR) is 137 cm³/mol. The van der Waals surface area contributed by atoms with Crippen LogP contribution in [0.5, 0.6) is 0 Å². The van der Waals surface area contributed by atoms with Crippen LogP contribution in [0.4, 0.5) is 18.9 Å². The Bertz CT molecular complexity index is 1160. The molecule has 1 heterocycles. The molecule has 1 amide bonds. The first-order valence-electron chi connectivity index (χ1n) is 12.3. The van der Waals surface area contributed by atoms with Crippen LogP contribution in [0, 0.1) is 24.4 Å². The Balaban J connectivity index is 1.53. The number of carbonyl (C=O) groups is 1. The number of hydrogen-bond acceptors (Lipinski definition) is 4. The second-order valence-corrected chi connectivity index (χ2v) is 9.38. The van der Waals surface area contributed by atoms with Crippen LogP contribution in [-0.2, 0) is 16.0 Å². The monoisotopic (exact) mass is 510 g/mol. The molecule has 0 spiro atoms. The highest BCUT2D eigenvalue weighted by molar-refractivity contribution is 5.96. The number of nitrogens with two attached hydrogens (primary N) is 1. The number of carbonyl (C=O) groups excluding carboxylic acids is 1. The molecule has 195 valence electrons. The van der Waals surface area contributed by atoms with Crippen LogP contribution in [0.2, 0.25) is 0 Å². The fourth-order valence-corrected chi connectivity index (χ4v) is 4.62. The zero-order chi connectivity index (χ0) is 26.5. The summed E-state index contributed by atoms with van der Waals surface area (Å²) in [5.74, 6) is -2.53. The van der Waals surface area contributed by atoms with Crippen molar-refractivity contribution in [2.75, 3.05) is 11.9 Å². The van der Waals surface area contributed by atoms with Crippen molar-refractivity contribution in [3.63, 3.8) is 0 Å². The van der Waals surface area contributed by atoms with Gasteiger partial charge in [-0.2, -0.15) is 0 Å². The number of benzene rings is 3. The van der Waals surface area contributed by atoms with Crippen molar-refractivity contribution in [1.82, 2.24) is 5.32 Å². The van der Waals surface area contributed by atoms with Gasteiger partial charge in [0.25, 0.3) is 0 Å². The lowest BCUT2D eigenvalue weighted by Crippen LogP contribution is -2.50. The molecule has 8 heteroatoms. The minimum Gasteiger partial charge on any atom is -0.372 e. The Morgan fingerprint density at radius 3 is 2.22 bits per heavy atom. The third-order valence-electron chi connectivity index (χ3n) is 6.79. The Morgan fingerprint density at radius 2 is 1.65 bits per heavy atom. The SMILES string of the molecule is [CH2][C@H]1NC[C@@H](CCc2c(F)cccc2NC(=O)[C@@H](N)C(c2ccc(F)cc2)c2ccc(F)cc2)O[C@H]1C.